The van der Waals surface area contributed by atoms with Gasteiger partial charge in [0.05, 0.1) is 139 Å². The van der Waals surface area contributed by atoms with Crippen LogP contribution in [0, 0.1) is 0 Å². The second-order valence-corrected chi connectivity index (χ2v) is 14.9. The third kappa shape index (κ3) is 26.2. The average Bonchev–Trinajstić information content (AvgIpc) is 3.61. The van der Waals surface area contributed by atoms with E-state index >= 15 is 0 Å². The molecule has 0 unspecified atom stereocenters. The number of benzene rings is 2. The van der Waals surface area contributed by atoms with Gasteiger partial charge in [-0.25, -0.2) is 4.79 Å². The quantitative estimate of drug-likeness (QED) is 0.0624. The fraction of sp³-hybridized carbons (Fsp3) is 0.729. The Hall–Kier alpha value is -2.73. The molecule has 0 spiro atoms. The van der Waals surface area contributed by atoms with Gasteiger partial charge in [-0.15, -0.1) is 0 Å². The molecular formula is C48H79NO13. The Bertz CT molecular complexity index is 1290. The van der Waals surface area contributed by atoms with Crippen LogP contribution in [0.3, 0.4) is 0 Å². The summed E-state index contributed by atoms with van der Waals surface area (Å²) in [6, 6.07) is 16.6. The van der Waals surface area contributed by atoms with Gasteiger partial charge >= 0.3 is 6.09 Å². The van der Waals surface area contributed by atoms with Gasteiger partial charge in [0.2, 0.25) is 0 Å². The highest BCUT2D eigenvalue weighted by atomic mass is 16.6. The van der Waals surface area contributed by atoms with E-state index in [-0.39, 0.29) is 12.0 Å². The largest absolute Gasteiger partial charge is 0.448 e. The lowest BCUT2D eigenvalue weighted by molar-refractivity contribution is -0.0276. The van der Waals surface area contributed by atoms with Crippen LogP contribution in [-0.4, -0.2) is 177 Å². The van der Waals surface area contributed by atoms with E-state index in [9.17, 15) is 4.79 Å². The Kier molecular flexibility index (Phi) is 33.5. The molecule has 0 fully saturated rings. The van der Waals surface area contributed by atoms with Crippen molar-refractivity contribution in [2.24, 2.45) is 0 Å². The molecule has 0 atom stereocenters. The third-order valence-electron chi connectivity index (χ3n) is 10.1. The summed E-state index contributed by atoms with van der Waals surface area (Å²) in [6.45, 7) is 14.4. The van der Waals surface area contributed by atoms with Crippen LogP contribution < -0.4 is 0 Å². The van der Waals surface area contributed by atoms with Gasteiger partial charge in [-0.3, -0.25) is 0 Å². The number of carbonyl (C=O) groups excluding carboxylic acids is 1. The maximum Gasteiger partial charge on any atom is 0.409 e. The number of amides is 1. The average molecular weight is 878 g/mol. The summed E-state index contributed by atoms with van der Waals surface area (Å²) in [4.78, 5) is 14.2. The van der Waals surface area contributed by atoms with Crippen LogP contribution in [-0.2, 0) is 56.8 Å². The van der Waals surface area contributed by atoms with Gasteiger partial charge in [-0.05, 0) is 28.7 Å². The van der Waals surface area contributed by atoms with Gasteiger partial charge in [-0.1, -0.05) is 100 Å². The molecular weight excluding hydrogens is 799 g/mol. The molecule has 1 aliphatic carbocycles. The molecule has 3 rings (SSSR count). The highest BCUT2D eigenvalue weighted by Gasteiger charge is 2.29. The summed E-state index contributed by atoms with van der Waals surface area (Å²) in [5, 5.41) is 0. The fourth-order valence-corrected chi connectivity index (χ4v) is 6.64. The highest BCUT2D eigenvalue weighted by molar-refractivity contribution is 5.79. The zero-order valence-electron chi connectivity index (χ0n) is 38.1. The van der Waals surface area contributed by atoms with Gasteiger partial charge in [0.25, 0.3) is 0 Å². The lowest BCUT2D eigenvalue weighted by atomic mass is 9.98. The number of likely N-dealkylation sites (N-methyl/N-ethyl adjacent to an activating group) is 1. The molecule has 2 aromatic carbocycles. The summed E-state index contributed by atoms with van der Waals surface area (Å²) in [5.74, 6) is 0.0384. The fourth-order valence-electron chi connectivity index (χ4n) is 6.64. The molecule has 1 aliphatic rings. The van der Waals surface area contributed by atoms with E-state index in [1.807, 2.05) is 24.3 Å². The van der Waals surface area contributed by atoms with Crippen molar-refractivity contribution in [3.05, 3.63) is 59.7 Å². The van der Waals surface area contributed by atoms with Crippen molar-refractivity contribution in [2.45, 2.75) is 64.2 Å². The minimum atomic E-state index is -0.363. The second kappa shape index (κ2) is 38.7. The van der Waals surface area contributed by atoms with E-state index in [1.165, 1.54) is 72.1 Å². The van der Waals surface area contributed by atoms with Crippen LogP contribution in [0.5, 0.6) is 0 Å². The molecule has 0 radical (unpaired) electrons. The Morgan fingerprint density at radius 3 is 1.10 bits per heavy atom. The van der Waals surface area contributed by atoms with E-state index in [0.29, 0.717) is 152 Å². The zero-order chi connectivity index (χ0) is 43.8. The third-order valence-corrected chi connectivity index (χ3v) is 10.1. The molecule has 0 aliphatic heterocycles. The van der Waals surface area contributed by atoms with Crippen molar-refractivity contribution in [1.82, 2.24) is 4.90 Å². The van der Waals surface area contributed by atoms with Crippen molar-refractivity contribution in [1.29, 1.82) is 0 Å². The summed E-state index contributed by atoms with van der Waals surface area (Å²) in [5.41, 5.74) is 4.80. The number of carbonyl (C=O) groups is 1. The molecule has 1 amide bonds. The van der Waals surface area contributed by atoms with Gasteiger partial charge in [0.15, 0.2) is 0 Å². The normalized spacial score (nSPS) is 12.2. The zero-order valence-corrected chi connectivity index (χ0v) is 38.1. The predicted octanol–water partition coefficient (Wildman–Crippen LogP) is 7.19. The van der Waals surface area contributed by atoms with Crippen LogP contribution in [0.4, 0.5) is 4.79 Å². The van der Waals surface area contributed by atoms with Crippen molar-refractivity contribution in [3.8, 4) is 11.1 Å². The SMILES string of the molecule is CCCCCCCCCCOCCOCCOCCOCCOCCOCCOCCOCCOCCOCCOCCN(C)C(=O)OCC1c2ccccc2-c2ccccc21. The van der Waals surface area contributed by atoms with Crippen molar-refractivity contribution in [3.63, 3.8) is 0 Å². The minimum Gasteiger partial charge on any atom is -0.448 e. The van der Waals surface area contributed by atoms with Gasteiger partial charge in [0, 0.05) is 26.1 Å². The molecule has 2 aromatic rings. The number of hydrogen-bond donors (Lipinski definition) is 0. The number of rotatable bonds is 44. The van der Waals surface area contributed by atoms with Crippen LogP contribution in [0.1, 0.15) is 75.3 Å². The molecule has 0 aromatic heterocycles. The number of fused-ring (bicyclic) bond motifs is 3. The Labute approximate surface area is 372 Å². The first-order chi connectivity index (χ1) is 30.7. The van der Waals surface area contributed by atoms with Crippen molar-refractivity contribution in [2.75, 3.05) is 166 Å². The van der Waals surface area contributed by atoms with Gasteiger partial charge in [-0.2, -0.15) is 0 Å². The van der Waals surface area contributed by atoms with Crippen LogP contribution in [0.25, 0.3) is 11.1 Å². The highest BCUT2D eigenvalue weighted by Crippen LogP contribution is 2.44. The van der Waals surface area contributed by atoms with Crippen LogP contribution in [0.2, 0.25) is 0 Å². The number of nitrogens with zero attached hydrogens (tertiary/aromatic N) is 1. The Morgan fingerprint density at radius 1 is 0.419 bits per heavy atom. The lowest BCUT2D eigenvalue weighted by Gasteiger charge is -2.19. The molecule has 0 heterocycles. The summed E-state index contributed by atoms with van der Waals surface area (Å²) in [6.07, 6.45) is 10.1. The molecule has 14 heteroatoms. The van der Waals surface area contributed by atoms with E-state index < -0.39 is 0 Å². The molecule has 354 valence electrons. The molecule has 14 nitrogen and oxygen atoms in total. The molecule has 0 N–H and O–H groups in total. The number of unbranched alkanes of at least 4 members (excludes halogenated alkanes) is 7. The number of hydrogen-bond acceptors (Lipinski definition) is 13. The first-order valence-corrected chi connectivity index (χ1v) is 23.1. The predicted molar refractivity (Wildman–Crippen MR) is 239 cm³/mol. The van der Waals surface area contributed by atoms with E-state index in [0.717, 1.165) is 13.0 Å². The van der Waals surface area contributed by atoms with Gasteiger partial charge in [0.1, 0.15) is 6.61 Å². The molecule has 0 bridgehead atoms. The standard InChI is InChI=1S/C48H79NO13/c1-3-4-5-6-7-8-9-14-20-51-22-24-53-26-28-55-30-32-57-34-36-59-38-40-61-41-39-60-37-35-58-33-31-56-29-27-54-25-23-52-21-19-49(2)48(50)62-42-47-45-17-12-10-15-43(45)44-16-11-13-18-46(44)47/h10-13,15-18,47H,3-9,14,19-42H2,1-2H3. The minimum absolute atomic E-state index is 0.0384. The maximum atomic E-state index is 12.6. The lowest BCUT2D eigenvalue weighted by Crippen LogP contribution is -2.32. The first kappa shape index (κ1) is 53.6. The van der Waals surface area contributed by atoms with Crippen molar-refractivity contribution < 1.29 is 61.6 Å². The summed E-state index contributed by atoms with van der Waals surface area (Å²) < 4.78 is 66.8. The molecule has 62 heavy (non-hydrogen) atoms. The molecule has 0 saturated heterocycles. The topological polar surface area (TPSA) is 131 Å². The van der Waals surface area contributed by atoms with E-state index in [4.69, 9.17) is 56.8 Å². The molecule has 0 saturated carbocycles. The van der Waals surface area contributed by atoms with Crippen LogP contribution in [0.15, 0.2) is 48.5 Å². The van der Waals surface area contributed by atoms with E-state index in [1.54, 1.807) is 7.05 Å². The van der Waals surface area contributed by atoms with Crippen molar-refractivity contribution >= 4 is 6.09 Å². The second-order valence-electron chi connectivity index (χ2n) is 14.9. The number of ether oxygens (including phenoxy) is 12. The Morgan fingerprint density at radius 2 is 0.726 bits per heavy atom. The van der Waals surface area contributed by atoms with Gasteiger partial charge < -0.3 is 61.7 Å². The monoisotopic (exact) mass is 878 g/mol. The first-order valence-electron chi connectivity index (χ1n) is 23.1. The van der Waals surface area contributed by atoms with Crippen LogP contribution >= 0.6 is 0 Å². The van der Waals surface area contributed by atoms with E-state index in [2.05, 4.69) is 31.2 Å². The summed E-state index contributed by atoms with van der Waals surface area (Å²) in [7, 11) is 1.72. The summed E-state index contributed by atoms with van der Waals surface area (Å²) >= 11 is 0. The smallest absolute Gasteiger partial charge is 0.409 e. The Balaban J connectivity index is 0.931. The maximum absolute atomic E-state index is 12.6.